The number of pyridine rings is 1. The predicted octanol–water partition coefficient (Wildman–Crippen LogP) is 4.02. The first-order valence-electron chi connectivity index (χ1n) is 12.3. The van der Waals surface area contributed by atoms with E-state index in [0.717, 1.165) is 4.90 Å². The lowest BCUT2D eigenvalue weighted by Gasteiger charge is -2.21. The molecule has 10 nitrogen and oxygen atoms in total. The second-order valence-corrected chi connectivity index (χ2v) is 8.40. The summed E-state index contributed by atoms with van der Waals surface area (Å²) >= 11 is 0. The molecule has 38 heavy (non-hydrogen) atoms. The lowest BCUT2D eigenvalue weighted by molar-refractivity contribution is -0.124. The zero-order valence-corrected chi connectivity index (χ0v) is 21.1. The van der Waals surface area contributed by atoms with Crippen LogP contribution >= 0.6 is 0 Å². The fourth-order valence-corrected chi connectivity index (χ4v) is 4.10. The van der Waals surface area contributed by atoms with Crippen LogP contribution in [0.2, 0.25) is 0 Å². The minimum Gasteiger partial charge on any atom is -0.494 e. The Morgan fingerprint density at radius 1 is 0.974 bits per heavy atom. The number of carbonyl (C=O) groups is 4. The molecule has 0 unspecified atom stereocenters. The van der Waals surface area contributed by atoms with Gasteiger partial charge in [-0.05, 0) is 68.4 Å². The molecule has 1 aromatic heterocycles. The zero-order chi connectivity index (χ0) is 27.1. The number of anilines is 2. The lowest BCUT2D eigenvalue weighted by Crippen LogP contribution is -2.37. The van der Waals surface area contributed by atoms with Gasteiger partial charge in [-0.3, -0.25) is 14.6 Å². The Balaban J connectivity index is 1.56. The molecule has 0 bridgehead atoms. The van der Waals surface area contributed by atoms with Crippen LogP contribution in [-0.2, 0) is 20.9 Å². The van der Waals surface area contributed by atoms with Crippen LogP contribution in [0.25, 0.3) is 0 Å². The summed E-state index contributed by atoms with van der Waals surface area (Å²) in [6, 6.07) is 16.6. The first kappa shape index (κ1) is 26.3. The number of imide groups is 1. The molecule has 0 aliphatic carbocycles. The van der Waals surface area contributed by atoms with Crippen LogP contribution in [0.1, 0.15) is 36.3 Å². The molecule has 10 heteroatoms. The van der Waals surface area contributed by atoms with Gasteiger partial charge in [0.05, 0.1) is 43.1 Å². The van der Waals surface area contributed by atoms with Crippen LogP contribution in [0, 0.1) is 0 Å². The Hall–Kier alpha value is -4.73. The van der Waals surface area contributed by atoms with Gasteiger partial charge in [0.15, 0.2) is 0 Å². The second kappa shape index (κ2) is 12.0. The Bertz CT molecular complexity index is 1310. The number of aromatic nitrogens is 1. The molecule has 3 aromatic rings. The highest BCUT2D eigenvalue weighted by Crippen LogP contribution is 2.29. The summed E-state index contributed by atoms with van der Waals surface area (Å²) in [5.74, 6) is -0.906. The highest BCUT2D eigenvalue weighted by molar-refractivity contribution is 6.22. The van der Waals surface area contributed by atoms with E-state index in [-0.39, 0.29) is 25.1 Å². The summed E-state index contributed by atoms with van der Waals surface area (Å²) in [6.07, 6.45) is 1.31. The van der Waals surface area contributed by atoms with Crippen molar-refractivity contribution in [2.75, 3.05) is 23.4 Å². The van der Waals surface area contributed by atoms with Gasteiger partial charge in [-0.15, -0.1) is 0 Å². The average Bonchev–Trinajstić information content (AvgIpc) is 3.14. The van der Waals surface area contributed by atoms with Gasteiger partial charge in [-0.1, -0.05) is 12.1 Å². The van der Waals surface area contributed by atoms with Gasteiger partial charge >= 0.3 is 12.0 Å². The van der Waals surface area contributed by atoms with Crippen molar-refractivity contribution in [3.8, 4) is 5.75 Å². The van der Waals surface area contributed by atoms with Crippen LogP contribution in [0.15, 0.2) is 72.9 Å². The number of carbonyl (C=O) groups excluding carboxylic acids is 4. The van der Waals surface area contributed by atoms with Crippen molar-refractivity contribution in [1.82, 2.24) is 9.88 Å². The molecule has 0 saturated carbocycles. The highest BCUT2D eigenvalue weighted by Gasteiger charge is 2.46. The highest BCUT2D eigenvalue weighted by atomic mass is 16.5. The number of hydrogen-bond donors (Lipinski definition) is 1. The first-order valence-corrected chi connectivity index (χ1v) is 12.3. The molecule has 1 aliphatic rings. The van der Waals surface area contributed by atoms with Gasteiger partial charge in [-0.2, -0.15) is 0 Å². The molecule has 1 saturated heterocycles. The van der Waals surface area contributed by atoms with Crippen molar-refractivity contribution < 1.29 is 28.7 Å². The second-order valence-electron chi connectivity index (χ2n) is 8.40. The monoisotopic (exact) mass is 516 g/mol. The van der Waals surface area contributed by atoms with Gasteiger partial charge in [-0.25, -0.2) is 14.5 Å². The zero-order valence-electron chi connectivity index (χ0n) is 21.1. The maximum atomic E-state index is 13.5. The SMILES string of the molecule is CCOC(=O)c1cccc(NC(=O)C[C@@H]2C(=O)N(c3ccc(OCC)cc3)C(=O)N2Cc2ccccn2)c1. The molecule has 1 N–H and O–H groups in total. The number of hydrogen-bond acceptors (Lipinski definition) is 7. The largest absolute Gasteiger partial charge is 0.494 e. The van der Waals surface area contributed by atoms with E-state index in [1.807, 2.05) is 6.92 Å². The van der Waals surface area contributed by atoms with Crippen LogP contribution in [-0.4, -0.2) is 53.0 Å². The van der Waals surface area contributed by atoms with Crippen molar-refractivity contribution in [3.63, 3.8) is 0 Å². The number of nitrogens with zero attached hydrogens (tertiary/aromatic N) is 3. The van der Waals surface area contributed by atoms with Crippen molar-refractivity contribution >= 4 is 35.2 Å². The lowest BCUT2D eigenvalue weighted by atomic mass is 10.1. The summed E-state index contributed by atoms with van der Waals surface area (Å²) in [5, 5.41) is 2.71. The molecule has 2 heterocycles. The molecule has 1 atom stereocenters. The summed E-state index contributed by atoms with van der Waals surface area (Å²) in [5.41, 5.74) is 1.61. The van der Waals surface area contributed by atoms with Gasteiger partial charge in [0.1, 0.15) is 11.8 Å². The molecule has 2 aromatic carbocycles. The van der Waals surface area contributed by atoms with E-state index >= 15 is 0 Å². The molecule has 0 radical (unpaired) electrons. The van der Waals surface area contributed by atoms with Crippen LogP contribution in [0.4, 0.5) is 16.2 Å². The van der Waals surface area contributed by atoms with E-state index in [0.29, 0.717) is 29.4 Å². The molecule has 1 fully saturated rings. The van der Waals surface area contributed by atoms with Crippen LogP contribution in [0.5, 0.6) is 5.75 Å². The molecule has 1 aliphatic heterocycles. The molecule has 196 valence electrons. The van der Waals surface area contributed by atoms with E-state index in [1.165, 1.54) is 11.0 Å². The van der Waals surface area contributed by atoms with Crippen LogP contribution in [0.3, 0.4) is 0 Å². The number of urea groups is 1. The van der Waals surface area contributed by atoms with Crippen molar-refractivity contribution in [2.45, 2.75) is 32.9 Å². The Morgan fingerprint density at radius 3 is 2.45 bits per heavy atom. The van der Waals surface area contributed by atoms with Crippen molar-refractivity contribution in [2.24, 2.45) is 0 Å². The third kappa shape index (κ3) is 5.97. The molecular formula is C28H28N4O6. The molecule has 0 spiro atoms. The van der Waals surface area contributed by atoms with E-state index < -0.39 is 29.9 Å². The van der Waals surface area contributed by atoms with Gasteiger partial charge < -0.3 is 19.7 Å². The van der Waals surface area contributed by atoms with Crippen molar-refractivity contribution in [3.05, 3.63) is 84.2 Å². The number of benzene rings is 2. The van der Waals surface area contributed by atoms with Gasteiger partial charge in [0, 0.05) is 11.9 Å². The minimum absolute atomic E-state index is 0.0508. The first-order chi connectivity index (χ1) is 18.4. The summed E-state index contributed by atoms with van der Waals surface area (Å²) in [6.45, 7) is 4.33. The Labute approximate surface area is 220 Å². The fourth-order valence-electron chi connectivity index (χ4n) is 4.10. The molecular weight excluding hydrogens is 488 g/mol. The number of nitrogens with one attached hydrogen (secondary N) is 1. The number of ether oxygens (including phenoxy) is 2. The maximum Gasteiger partial charge on any atom is 0.338 e. The quantitative estimate of drug-likeness (QED) is 0.319. The van der Waals surface area contributed by atoms with Crippen molar-refractivity contribution in [1.29, 1.82) is 0 Å². The Morgan fingerprint density at radius 2 is 1.76 bits per heavy atom. The predicted molar refractivity (Wildman–Crippen MR) is 140 cm³/mol. The van der Waals surface area contributed by atoms with Gasteiger partial charge in [0.2, 0.25) is 5.91 Å². The smallest absolute Gasteiger partial charge is 0.338 e. The third-order valence-electron chi connectivity index (χ3n) is 5.82. The summed E-state index contributed by atoms with van der Waals surface area (Å²) < 4.78 is 10.5. The normalized spacial score (nSPS) is 14.9. The summed E-state index contributed by atoms with van der Waals surface area (Å²) in [4.78, 5) is 58.7. The fraction of sp³-hybridized carbons (Fsp3) is 0.250. The number of esters is 1. The molecule has 4 rings (SSSR count). The van der Waals surface area contributed by atoms with E-state index in [2.05, 4.69) is 10.3 Å². The number of rotatable bonds is 10. The molecule has 4 amide bonds. The average molecular weight is 517 g/mol. The standard InChI is InChI=1S/C28H28N4O6/c1-3-37-23-13-11-22(12-14-23)32-26(34)24(31(28(32)36)18-21-9-5-6-15-29-21)17-25(33)30-20-10-7-8-19(16-20)27(35)38-4-2/h5-16,24H,3-4,17-18H2,1-2H3,(H,30,33)/t24-/m1/s1. The summed E-state index contributed by atoms with van der Waals surface area (Å²) in [7, 11) is 0. The minimum atomic E-state index is -1.05. The van der Waals surface area contributed by atoms with E-state index in [9.17, 15) is 19.2 Å². The van der Waals surface area contributed by atoms with E-state index in [1.54, 1.807) is 73.8 Å². The topological polar surface area (TPSA) is 118 Å². The van der Waals surface area contributed by atoms with Gasteiger partial charge in [0.25, 0.3) is 5.91 Å². The third-order valence-corrected chi connectivity index (χ3v) is 5.82. The maximum absolute atomic E-state index is 13.5. The number of amides is 4. The van der Waals surface area contributed by atoms with Crippen LogP contribution < -0.4 is 15.0 Å². The van der Waals surface area contributed by atoms with E-state index in [4.69, 9.17) is 9.47 Å². The Kier molecular flexibility index (Phi) is 8.32.